The summed E-state index contributed by atoms with van der Waals surface area (Å²) in [6.45, 7) is 9.00. The second-order valence-corrected chi connectivity index (χ2v) is 5.87. The standard InChI is InChI=1S/C15H26N4O/c1-4-7-19-11-14(10-16-19)17-13(3)15(20)18-8-5-12(2)6-9-18/h10-13,17H,4-9H2,1-3H3/t13-/m0/s1. The highest BCUT2D eigenvalue weighted by molar-refractivity contribution is 5.84. The second kappa shape index (κ2) is 6.77. The van der Waals surface area contributed by atoms with Crippen LogP contribution in [0.2, 0.25) is 0 Å². The lowest BCUT2D eigenvalue weighted by atomic mass is 9.99. The highest BCUT2D eigenvalue weighted by atomic mass is 16.2. The Balaban J connectivity index is 1.86. The van der Waals surface area contributed by atoms with E-state index < -0.39 is 0 Å². The van der Waals surface area contributed by atoms with Gasteiger partial charge in [0.2, 0.25) is 5.91 Å². The zero-order chi connectivity index (χ0) is 14.5. The highest BCUT2D eigenvalue weighted by Gasteiger charge is 2.24. The van der Waals surface area contributed by atoms with Crippen LogP contribution in [0, 0.1) is 5.92 Å². The molecule has 112 valence electrons. The van der Waals surface area contributed by atoms with Crippen molar-refractivity contribution in [2.75, 3.05) is 18.4 Å². The molecule has 2 heterocycles. The first-order valence-corrected chi connectivity index (χ1v) is 7.68. The summed E-state index contributed by atoms with van der Waals surface area (Å²) < 4.78 is 1.90. The van der Waals surface area contributed by atoms with Crippen molar-refractivity contribution < 1.29 is 4.79 Å². The Bertz CT molecular complexity index is 435. The molecule has 5 heteroatoms. The summed E-state index contributed by atoms with van der Waals surface area (Å²) in [6, 6.07) is -0.192. The molecule has 0 saturated carbocycles. The van der Waals surface area contributed by atoms with Crippen molar-refractivity contribution in [1.82, 2.24) is 14.7 Å². The van der Waals surface area contributed by atoms with Crippen molar-refractivity contribution in [1.29, 1.82) is 0 Å². The molecule has 1 fully saturated rings. The van der Waals surface area contributed by atoms with Crippen molar-refractivity contribution in [3.63, 3.8) is 0 Å². The summed E-state index contributed by atoms with van der Waals surface area (Å²) in [6.07, 6.45) is 7.05. The van der Waals surface area contributed by atoms with Gasteiger partial charge in [-0.3, -0.25) is 9.48 Å². The predicted octanol–water partition coefficient (Wildman–Crippen LogP) is 2.35. The van der Waals surface area contributed by atoms with E-state index in [2.05, 4.69) is 24.3 Å². The summed E-state index contributed by atoms with van der Waals surface area (Å²) in [7, 11) is 0. The topological polar surface area (TPSA) is 50.2 Å². The predicted molar refractivity (Wildman–Crippen MR) is 80.6 cm³/mol. The molecule has 1 aromatic rings. The average molecular weight is 278 g/mol. The molecule has 0 spiro atoms. The largest absolute Gasteiger partial charge is 0.371 e. The van der Waals surface area contributed by atoms with Crippen LogP contribution >= 0.6 is 0 Å². The molecule has 0 unspecified atom stereocenters. The minimum absolute atomic E-state index is 0.192. The molecule has 1 aliphatic rings. The van der Waals surface area contributed by atoms with Gasteiger partial charge in [0.05, 0.1) is 11.9 Å². The number of carbonyl (C=O) groups excluding carboxylic acids is 1. The first-order valence-electron chi connectivity index (χ1n) is 7.68. The number of rotatable bonds is 5. The molecule has 1 amide bonds. The van der Waals surface area contributed by atoms with Crippen LogP contribution in [0.4, 0.5) is 5.69 Å². The van der Waals surface area contributed by atoms with Gasteiger partial charge in [-0.05, 0) is 32.1 Å². The number of aryl methyl sites for hydroxylation is 1. The zero-order valence-corrected chi connectivity index (χ0v) is 12.8. The van der Waals surface area contributed by atoms with Crippen LogP contribution in [0.3, 0.4) is 0 Å². The van der Waals surface area contributed by atoms with Gasteiger partial charge in [-0.25, -0.2) is 0 Å². The molecule has 2 rings (SSSR count). The van der Waals surface area contributed by atoms with E-state index in [-0.39, 0.29) is 11.9 Å². The zero-order valence-electron chi connectivity index (χ0n) is 12.8. The summed E-state index contributed by atoms with van der Waals surface area (Å²) >= 11 is 0. The Hall–Kier alpha value is -1.52. The molecule has 5 nitrogen and oxygen atoms in total. The number of hydrogen-bond donors (Lipinski definition) is 1. The Morgan fingerprint density at radius 3 is 2.85 bits per heavy atom. The Labute approximate surface area is 121 Å². The van der Waals surface area contributed by atoms with E-state index in [0.29, 0.717) is 0 Å². The third-order valence-electron chi connectivity index (χ3n) is 3.93. The number of piperidine rings is 1. The quantitative estimate of drug-likeness (QED) is 0.899. The van der Waals surface area contributed by atoms with E-state index in [4.69, 9.17) is 0 Å². The van der Waals surface area contributed by atoms with Crippen molar-refractivity contribution in [2.24, 2.45) is 5.92 Å². The monoisotopic (exact) mass is 278 g/mol. The third-order valence-corrected chi connectivity index (χ3v) is 3.93. The summed E-state index contributed by atoms with van der Waals surface area (Å²) in [5.41, 5.74) is 0.921. The number of likely N-dealkylation sites (tertiary alicyclic amines) is 1. The molecule has 1 N–H and O–H groups in total. The molecule has 1 aliphatic heterocycles. The van der Waals surface area contributed by atoms with Crippen LogP contribution in [-0.2, 0) is 11.3 Å². The van der Waals surface area contributed by atoms with Gasteiger partial charge < -0.3 is 10.2 Å². The number of nitrogens with one attached hydrogen (secondary N) is 1. The molecular weight excluding hydrogens is 252 g/mol. The molecule has 1 saturated heterocycles. The van der Waals surface area contributed by atoms with Crippen molar-refractivity contribution in [3.8, 4) is 0 Å². The van der Waals surface area contributed by atoms with Crippen LogP contribution in [0.5, 0.6) is 0 Å². The van der Waals surface area contributed by atoms with Crippen molar-refractivity contribution in [2.45, 2.75) is 52.6 Å². The fourth-order valence-corrected chi connectivity index (χ4v) is 2.60. The van der Waals surface area contributed by atoms with Crippen LogP contribution in [0.15, 0.2) is 12.4 Å². The molecule has 1 atom stereocenters. The number of amides is 1. The van der Waals surface area contributed by atoms with E-state index in [9.17, 15) is 4.79 Å². The fourth-order valence-electron chi connectivity index (χ4n) is 2.60. The van der Waals surface area contributed by atoms with E-state index in [1.807, 2.05) is 22.7 Å². The van der Waals surface area contributed by atoms with Gasteiger partial charge in [-0.2, -0.15) is 5.10 Å². The maximum Gasteiger partial charge on any atom is 0.244 e. The molecule has 0 aliphatic carbocycles. The van der Waals surface area contributed by atoms with Crippen LogP contribution in [-0.4, -0.2) is 39.7 Å². The smallest absolute Gasteiger partial charge is 0.244 e. The fraction of sp³-hybridized carbons (Fsp3) is 0.733. The summed E-state index contributed by atoms with van der Waals surface area (Å²) in [5.74, 6) is 0.940. The Morgan fingerprint density at radius 1 is 1.50 bits per heavy atom. The lowest BCUT2D eigenvalue weighted by molar-refractivity contribution is -0.132. The molecule has 0 bridgehead atoms. The molecule has 20 heavy (non-hydrogen) atoms. The number of anilines is 1. The van der Waals surface area contributed by atoms with Crippen LogP contribution < -0.4 is 5.32 Å². The van der Waals surface area contributed by atoms with E-state index in [1.165, 1.54) is 0 Å². The summed E-state index contributed by atoms with van der Waals surface area (Å²) in [5, 5.41) is 7.52. The number of nitrogens with zero attached hydrogens (tertiary/aromatic N) is 3. The minimum atomic E-state index is -0.192. The van der Waals surface area contributed by atoms with Gasteiger partial charge in [-0.15, -0.1) is 0 Å². The second-order valence-electron chi connectivity index (χ2n) is 5.87. The first kappa shape index (κ1) is 14.9. The maximum atomic E-state index is 12.4. The highest BCUT2D eigenvalue weighted by Crippen LogP contribution is 2.17. The van der Waals surface area contributed by atoms with E-state index >= 15 is 0 Å². The van der Waals surface area contributed by atoms with Crippen molar-refractivity contribution >= 4 is 11.6 Å². The van der Waals surface area contributed by atoms with E-state index in [1.54, 1.807) is 6.20 Å². The number of aromatic nitrogens is 2. The van der Waals surface area contributed by atoms with Gasteiger partial charge in [0.25, 0.3) is 0 Å². The van der Waals surface area contributed by atoms with Crippen LogP contribution in [0.1, 0.15) is 40.0 Å². The Morgan fingerprint density at radius 2 is 2.20 bits per heavy atom. The molecule has 0 aromatic carbocycles. The number of carbonyl (C=O) groups is 1. The lowest BCUT2D eigenvalue weighted by Gasteiger charge is -2.32. The maximum absolute atomic E-state index is 12.4. The SMILES string of the molecule is CCCn1cc(N[C@@H](C)C(=O)N2CCC(C)CC2)cn1. The number of hydrogen-bond acceptors (Lipinski definition) is 3. The average Bonchev–Trinajstić information content (AvgIpc) is 2.86. The van der Waals surface area contributed by atoms with Gasteiger partial charge in [0, 0.05) is 25.8 Å². The molecule has 1 aromatic heterocycles. The van der Waals surface area contributed by atoms with Crippen LogP contribution in [0.25, 0.3) is 0 Å². The van der Waals surface area contributed by atoms with Gasteiger partial charge >= 0.3 is 0 Å². The third kappa shape index (κ3) is 3.74. The lowest BCUT2D eigenvalue weighted by Crippen LogP contribution is -2.45. The van der Waals surface area contributed by atoms with Gasteiger partial charge in [0.15, 0.2) is 0 Å². The Kier molecular flexibility index (Phi) is 5.04. The normalized spacial score (nSPS) is 18.1. The summed E-state index contributed by atoms with van der Waals surface area (Å²) in [4.78, 5) is 14.4. The first-order chi connectivity index (χ1) is 9.60. The molecular formula is C15H26N4O. The van der Waals surface area contributed by atoms with E-state index in [0.717, 1.165) is 50.5 Å². The molecule has 0 radical (unpaired) electrons. The van der Waals surface area contributed by atoms with Crippen molar-refractivity contribution in [3.05, 3.63) is 12.4 Å². The minimum Gasteiger partial charge on any atom is -0.371 e. The van der Waals surface area contributed by atoms with Gasteiger partial charge in [-0.1, -0.05) is 13.8 Å². The van der Waals surface area contributed by atoms with Gasteiger partial charge in [0.1, 0.15) is 6.04 Å².